The molecule has 0 bridgehead atoms. The van der Waals surface area contributed by atoms with Gasteiger partial charge in [0.1, 0.15) is 6.04 Å². The van der Waals surface area contributed by atoms with E-state index in [0.29, 0.717) is 0 Å². The summed E-state index contributed by atoms with van der Waals surface area (Å²) in [5, 5.41) is 3.90. The first-order chi connectivity index (χ1) is 3.80. The second kappa shape index (κ2) is 2.13. The van der Waals surface area contributed by atoms with E-state index in [1.54, 1.807) is 0 Å². The Balaban J connectivity index is 2.35. The Morgan fingerprint density at radius 1 is 1.75 bits per heavy atom. The minimum absolute atomic E-state index is 0.282. The van der Waals surface area contributed by atoms with E-state index in [9.17, 15) is 4.79 Å². The van der Waals surface area contributed by atoms with Gasteiger partial charge in [-0.1, -0.05) is 0 Å². The van der Waals surface area contributed by atoms with Crippen molar-refractivity contribution in [2.75, 3.05) is 6.54 Å². The van der Waals surface area contributed by atoms with Gasteiger partial charge in [-0.25, -0.2) is 5.32 Å². The Hall–Kier alpha value is -0.570. The van der Waals surface area contributed by atoms with Crippen LogP contribution in [0.2, 0.25) is 0 Å². The van der Waals surface area contributed by atoms with Gasteiger partial charge >= 0.3 is 0 Å². The van der Waals surface area contributed by atoms with Crippen LogP contribution in [0.4, 0.5) is 0 Å². The number of hydrogen-bond donors (Lipinski definition) is 0. The number of carbonyl (C=O) groups excluding carboxylic acids is 1. The first-order valence-electron chi connectivity index (χ1n) is 2.73. The second-order valence-electron chi connectivity index (χ2n) is 1.93. The van der Waals surface area contributed by atoms with Gasteiger partial charge in [0.15, 0.2) is 0 Å². The number of carbonyl (C=O) groups is 1. The lowest BCUT2D eigenvalue weighted by atomic mass is 10.2. The number of rotatable bonds is 1. The SMILES string of the molecule is [NH]C(=O)C1CCC[N]1. The molecule has 3 nitrogen and oxygen atoms in total. The third-order valence-corrected chi connectivity index (χ3v) is 1.29. The van der Waals surface area contributed by atoms with Crippen LogP contribution in [0.3, 0.4) is 0 Å². The van der Waals surface area contributed by atoms with Gasteiger partial charge in [0.2, 0.25) is 0 Å². The van der Waals surface area contributed by atoms with Crippen molar-refractivity contribution < 1.29 is 4.79 Å². The van der Waals surface area contributed by atoms with Gasteiger partial charge in [-0.05, 0) is 12.8 Å². The molecule has 8 heavy (non-hydrogen) atoms. The van der Waals surface area contributed by atoms with Gasteiger partial charge < -0.3 is 0 Å². The van der Waals surface area contributed by atoms with Gasteiger partial charge in [0, 0.05) is 6.54 Å². The number of amides is 1. The van der Waals surface area contributed by atoms with Crippen molar-refractivity contribution in [3.05, 3.63) is 0 Å². The van der Waals surface area contributed by atoms with Crippen molar-refractivity contribution in [1.82, 2.24) is 11.1 Å². The maximum Gasteiger partial charge on any atom is 0.257 e. The summed E-state index contributed by atoms with van der Waals surface area (Å²) in [5.74, 6) is -0.525. The van der Waals surface area contributed by atoms with E-state index in [0.717, 1.165) is 19.4 Å². The zero-order valence-corrected chi connectivity index (χ0v) is 4.55. The van der Waals surface area contributed by atoms with Gasteiger partial charge in [-0.15, -0.1) is 0 Å². The van der Waals surface area contributed by atoms with Gasteiger partial charge in [0.05, 0.1) is 0 Å². The van der Waals surface area contributed by atoms with E-state index in [1.807, 2.05) is 0 Å². The fourth-order valence-corrected chi connectivity index (χ4v) is 0.837. The molecule has 1 saturated heterocycles. The fraction of sp³-hybridized carbons (Fsp3) is 0.800. The summed E-state index contributed by atoms with van der Waals surface area (Å²) in [6.07, 6.45) is 1.78. The molecule has 1 unspecified atom stereocenters. The zero-order chi connectivity index (χ0) is 5.98. The molecule has 1 aliphatic rings. The van der Waals surface area contributed by atoms with Crippen molar-refractivity contribution in [2.24, 2.45) is 0 Å². The van der Waals surface area contributed by atoms with E-state index < -0.39 is 5.91 Å². The molecule has 1 fully saturated rings. The molecule has 1 aliphatic heterocycles. The lowest BCUT2D eigenvalue weighted by molar-refractivity contribution is -0.120. The van der Waals surface area contributed by atoms with E-state index in [-0.39, 0.29) is 6.04 Å². The summed E-state index contributed by atoms with van der Waals surface area (Å²) in [7, 11) is 0. The molecule has 3 heteroatoms. The highest BCUT2D eigenvalue weighted by Gasteiger charge is 2.20. The molecule has 0 aromatic rings. The monoisotopic (exact) mass is 112 g/mol. The molecule has 44 valence electrons. The molecule has 1 N–H and O–H groups in total. The van der Waals surface area contributed by atoms with Crippen LogP contribution in [0.25, 0.3) is 0 Å². The van der Waals surface area contributed by atoms with Crippen molar-refractivity contribution in [3.63, 3.8) is 0 Å². The molecule has 1 amide bonds. The Labute approximate surface area is 48.2 Å². The maximum atomic E-state index is 10.2. The quantitative estimate of drug-likeness (QED) is 0.453. The van der Waals surface area contributed by atoms with Crippen molar-refractivity contribution >= 4 is 5.91 Å². The van der Waals surface area contributed by atoms with Gasteiger partial charge in [-0.3, -0.25) is 10.5 Å². The zero-order valence-electron chi connectivity index (χ0n) is 4.55. The van der Waals surface area contributed by atoms with Crippen LogP contribution in [0.1, 0.15) is 12.8 Å². The number of hydrogen-bond acceptors (Lipinski definition) is 1. The molecular weight excluding hydrogens is 104 g/mol. The third kappa shape index (κ3) is 0.980. The molecule has 1 rings (SSSR count). The molecule has 1 atom stereocenters. The summed E-state index contributed by atoms with van der Waals surface area (Å²) in [6, 6.07) is -0.282. The predicted molar refractivity (Wildman–Crippen MR) is 28.1 cm³/mol. The van der Waals surface area contributed by atoms with Crippen molar-refractivity contribution in [1.29, 1.82) is 0 Å². The highest BCUT2D eigenvalue weighted by atomic mass is 16.1. The third-order valence-electron chi connectivity index (χ3n) is 1.29. The van der Waals surface area contributed by atoms with E-state index >= 15 is 0 Å². The normalized spacial score (nSPS) is 28.2. The molecular formula is C5H8N2O. The first-order valence-corrected chi connectivity index (χ1v) is 2.73. The Kier molecular flexibility index (Phi) is 1.48. The smallest absolute Gasteiger partial charge is 0.257 e. The average Bonchev–Trinajstić information content (AvgIpc) is 2.12. The molecule has 1 heterocycles. The minimum atomic E-state index is -0.525. The van der Waals surface area contributed by atoms with Gasteiger partial charge in [-0.2, -0.15) is 0 Å². The van der Waals surface area contributed by atoms with E-state index in [2.05, 4.69) is 5.32 Å². The Bertz CT molecular complexity index is 96.6. The number of nitrogens with one attached hydrogen (secondary N) is 1. The summed E-state index contributed by atoms with van der Waals surface area (Å²) < 4.78 is 0. The summed E-state index contributed by atoms with van der Waals surface area (Å²) in [4.78, 5) is 10.2. The van der Waals surface area contributed by atoms with Crippen LogP contribution in [0, 0.1) is 0 Å². The first kappa shape index (κ1) is 5.56. The molecule has 2 radical (unpaired) electrons. The standard InChI is InChI=1S/C5H8N2O/c6-5(8)4-2-1-3-7-4/h4,6H,1-3H2. The Morgan fingerprint density at radius 3 is 2.75 bits per heavy atom. The lowest BCUT2D eigenvalue weighted by Gasteiger charge is -1.97. The van der Waals surface area contributed by atoms with E-state index in [4.69, 9.17) is 5.73 Å². The maximum absolute atomic E-state index is 10.2. The van der Waals surface area contributed by atoms with Crippen molar-refractivity contribution in [2.45, 2.75) is 18.9 Å². The van der Waals surface area contributed by atoms with Crippen LogP contribution in [0.15, 0.2) is 0 Å². The van der Waals surface area contributed by atoms with Crippen LogP contribution in [-0.4, -0.2) is 18.5 Å². The predicted octanol–water partition coefficient (Wildman–Crippen LogP) is -0.437. The lowest BCUT2D eigenvalue weighted by Crippen LogP contribution is -2.25. The minimum Gasteiger partial charge on any atom is -0.271 e. The molecule has 0 aliphatic carbocycles. The largest absolute Gasteiger partial charge is 0.271 e. The van der Waals surface area contributed by atoms with Crippen LogP contribution in [-0.2, 0) is 4.79 Å². The highest BCUT2D eigenvalue weighted by molar-refractivity contribution is 5.79. The molecule has 0 spiro atoms. The second-order valence-corrected chi connectivity index (χ2v) is 1.93. The highest BCUT2D eigenvalue weighted by Crippen LogP contribution is 2.05. The average molecular weight is 112 g/mol. The summed E-state index contributed by atoms with van der Waals surface area (Å²) >= 11 is 0. The van der Waals surface area contributed by atoms with Crippen molar-refractivity contribution in [3.8, 4) is 0 Å². The Morgan fingerprint density at radius 2 is 2.50 bits per heavy atom. The topological polar surface area (TPSA) is 55.0 Å². The molecule has 0 saturated carbocycles. The fourth-order valence-electron chi connectivity index (χ4n) is 0.837. The van der Waals surface area contributed by atoms with Crippen LogP contribution in [0.5, 0.6) is 0 Å². The summed E-state index contributed by atoms with van der Waals surface area (Å²) in [6.45, 7) is 0.773. The van der Waals surface area contributed by atoms with Crippen LogP contribution < -0.4 is 11.1 Å². The van der Waals surface area contributed by atoms with Gasteiger partial charge in [0.25, 0.3) is 5.91 Å². The van der Waals surface area contributed by atoms with Crippen LogP contribution >= 0.6 is 0 Å². The molecule has 0 aromatic heterocycles. The molecule has 0 aromatic carbocycles. The van der Waals surface area contributed by atoms with E-state index in [1.165, 1.54) is 0 Å². The summed E-state index contributed by atoms with van der Waals surface area (Å²) in [5.41, 5.74) is 6.64. The number of nitrogens with zero attached hydrogens (tertiary/aromatic N) is 1.